The highest BCUT2D eigenvalue weighted by Gasteiger charge is 2.11. The predicted molar refractivity (Wildman–Crippen MR) is 98.1 cm³/mol. The van der Waals surface area contributed by atoms with E-state index >= 15 is 0 Å². The van der Waals surface area contributed by atoms with Gasteiger partial charge >= 0.3 is 0 Å². The Morgan fingerprint density at radius 3 is 2.73 bits per heavy atom. The minimum Gasteiger partial charge on any atom is -0.496 e. The third kappa shape index (κ3) is 3.77. The Hall–Kier alpha value is -3.48. The summed E-state index contributed by atoms with van der Waals surface area (Å²) in [5, 5.41) is 2.69. The first kappa shape index (κ1) is 17.3. The molecule has 1 aromatic carbocycles. The highest BCUT2D eigenvalue weighted by atomic mass is 16.5. The number of rotatable bonds is 5. The summed E-state index contributed by atoms with van der Waals surface area (Å²) in [5.74, 6) is 0.755. The van der Waals surface area contributed by atoms with Crippen LogP contribution in [-0.4, -0.2) is 27.6 Å². The Labute approximate surface area is 150 Å². The number of hydrogen-bond acceptors (Lipinski definition) is 5. The SMILES string of the molecule is COc1ccccc1-c1cc(=O)n(CC(=O)Nc2ncccc2C)cn1. The van der Waals surface area contributed by atoms with Crippen LogP contribution < -0.4 is 15.6 Å². The Bertz CT molecular complexity index is 998. The van der Waals surface area contributed by atoms with E-state index in [0.29, 0.717) is 22.8 Å². The molecule has 3 aromatic rings. The molecule has 0 spiro atoms. The standard InChI is InChI=1S/C19H18N4O3/c1-13-6-5-9-20-19(13)22-17(24)11-23-12-21-15(10-18(23)25)14-7-3-4-8-16(14)26-2/h3-10,12H,11H2,1-2H3,(H,20,22,24). The third-order valence-electron chi connectivity index (χ3n) is 3.84. The average Bonchev–Trinajstić information content (AvgIpc) is 2.65. The first-order valence-corrected chi connectivity index (χ1v) is 8.00. The predicted octanol–water partition coefficient (Wildman–Crippen LogP) is 2.26. The van der Waals surface area contributed by atoms with Crippen LogP contribution in [0.3, 0.4) is 0 Å². The number of nitrogens with zero attached hydrogens (tertiary/aromatic N) is 3. The second-order valence-electron chi connectivity index (χ2n) is 5.66. The van der Waals surface area contributed by atoms with Gasteiger partial charge in [-0.15, -0.1) is 0 Å². The van der Waals surface area contributed by atoms with Crippen molar-refractivity contribution in [3.05, 3.63) is 70.9 Å². The van der Waals surface area contributed by atoms with Crippen molar-refractivity contribution in [2.24, 2.45) is 0 Å². The van der Waals surface area contributed by atoms with E-state index in [9.17, 15) is 9.59 Å². The number of nitrogens with one attached hydrogen (secondary N) is 1. The fourth-order valence-electron chi connectivity index (χ4n) is 2.49. The molecule has 0 bridgehead atoms. The molecule has 0 unspecified atom stereocenters. The van der Waals surface area contributed by atoms with Crippen molar-refractivity contribution in [1.82, 2.24) is 14.5 Å². The van der Waals surface area contributed by atoms with Crippen molar-refractivity contribution < 1.29 is 9.53 Å². The fourth-order valence-corrected chi connectivity index (χ4v) is 2.49. The van der Waals surface area contributed by atoms with E-state index in [1.54, 1.807) is 25.4 Å². The lowest BCUT2D eigenvalue weighted by Gasteiger charge is -2.10. The summed E-state index contributed by atoms with van der Waals surface area (Å²) in [7, 11) is 1.56. The van der Waals surface area contributed by atoms with Gasteiger partial charge in [-0.1, -0.05) is 18.2 Å². The number of hydrogen-bond donors (Lipinski definition) is 1. The molecule has 132 valence electrons. The van der Waals surface area contributed by atoms with Crippen molar-refractivity contribution >= 4 is 11.7 Å². The monoisotopic (exact) mass is 350 g/mol. The largest absolute Gasteiger partial charge is 0.496 e. The molecule has 0 fully saturated rings. The van der Waals surface area contributed by atoms with Gasteiger partial charge in [-0.25, -0.2) is 9.97 Å². The van der Waals surface area contributed by atoms with Crippen LogP contribution in [0.2, 0.25) is 0 Å². The molecular formula is C19H18N4O3. The summed E-state index contributed by atoms with van der Waals surface area (Å²) in [6, 6.07) is 12.3. The summed E-state index contributed by atoms with van der Waals surface area (Å²) in [6.45, 7) is 1.70. The summed E-state index contributed by atoms with van der Waals surface area (Å²) in [4.78, 5) is 32.9. The minimum atomic E-state index is -0.347. The lowest BCUT2D eigenvalue weighted by molar-refractivity contribution is -0.116. The van der Waals surface area contributed by atoms with E-state index in [4.69, 9.17) is 4.74 Å². The molecule has 1 amide bonds. The van der Waals surface area contributed by atoms with E-state index in [-0.39, 0.29) is 18.0 Å². The first-order chi connectivity index (χ1) is 12.6. The van der Waals surface area contributed by atoms with E-state index in [1.165, 1.54) is 17.0 Å². The number of amides is 1. The highest BCUT2D eigenvalue weighted by Crippen LogP contribution is 2.26. The summed E-state index contributed by atoms with van der Waals surface area (Å²) < 4.78 is 6.53. The van der Waals surface area contributed by atoms with Crippen LogP contribution in [0.25, 0.3) is 11.3 Å². The lowest BCUT2D eigenvalue weighted by atomic mass is 10.1. The van der Waals surface area contributed by atoms with Gasteiger partial charge in [-0.05, 0) is 30.7 Å². The third-order valence-corrected chi connectivity index (χ3v) is 3.84. The molecule has 0 aliphatic rings. The van der Waals surface area contributed by atoms with Crippen molar-refractivity contribution in [2.75, 3.05) is 12.4 Å². The number of benzene rings is 1. The van der Waals surface area contributed by atoms with Gasteiger partial charge in [0.2, 0.25) is 5.91 Å². The van der Waals surface area contributed by atoms with Gasteiger partial charge in [0.25, 0.3) is 5.56 Å². The van der Waals surface area contributed by atoms with Gasteiger partial charge in [0.05, 0.1) is 19.1 Å². The smallest absolute Gasteiger partial charge is 0.254 e. The van der Waals surface area contributed by atoms with Gasteiger partial charge < -0.3 is 10.1 Å². The van der Waals surface area contributed by atoms with Gasteiger partial charge in [-0.2, -0.15) is 0 Å². The molecule has 7 nitrogen and oxygen atoms in total. The van der Waals surface area contributed by atoms with Crippen LogP contribution in [0.4, 0.5) is 5.82 Å². The number of para-hydroxylation sites is 1. The molecule has 0 atom stereocenters. The zero-order valence-electron chi connectivity index (χ0n) is 14.5. The van der Waals surface area contributed by atoms with Crippen molar-refractivity contribution in [2.45, 2.75) is 13.5 Å². The molecule has 7 heteroatoms. The van der Waals surface area contributed by atoms with Gasteiger partial charge in [-0.3, -0.25) is 14.2 Å². The Balaban J connectivity index is 1.79. The quantitative estimate of drug-likeness (QED) is 0.763. The maximum absolute atomic E-state index is 12.4. The van der Waals surface area contributed by atoms with Crippen LogP contribution >= 0.6 is 0 Å². The summed E-state index contributed by atoms with van der Waals surface area (Å²) in [6.07, 6.45) is 2.95. The molecule has 0 saturated heterocycles. The van der Waals surface area contributed by atoms with Crippen molar-refractivity contribution in [3.8, 4) is 17.0 Å². The number of carbonyl (C=O) groups excluding carboxylic acids is 1. The van der Waals surface area contributed by atoms with Crippen LogP contribution in [0, 0.1) is 6.92 Å². The number of methoxy groups -OCH3 is 1. The maximum Gasteiger partial charge on any atom is 0.254 e. The van der Waals surface area contributed by atoms with Gasteiger partial charge in [0.1, 0.15) is 18.1 Å². The van der Waals surface area contributed by atoms with E-state index in [2.05, 4.69) is 15.3 Å². The number of ether oxygens (including phenoxy) is 1. The number of carbonyl (C=O) groups is 1. The van der Waals surface area contributed by atoms with Gasteiger partial charge in [0.15, 0.2) is 0 Å². The molecule has 2 aromatic heterocycles. The molecule has 1 N–H and O–H groups in total. The number of aromatic nitrogens is 3. The molecule has 0 saturated carbocycles. The normalized spacial score (nSPS) is 10.4. The highest BCUT2D eigenvalue weighted by molar-refractivity contribution is 5.90. The average molecular weight is 350 g/mol. The topological polar surface area (TPSA) is 86.1 Å². The molecule has 2 heterocycles. The second kappa shape index (κ2) is 7.60. The molecule has 0 radical (unpaired) electrons. The molecule has 0 aliphatic carbocycles. The number of aryl methyl sites for hydroxylation is 1. The van der Waals surface area contributed by atoms with Crippen LogP contribution in [-0.2, 0) is 11.3 Å². The molecule has 3 rings (SSSR count). The molecule has 0 aliphatic heterocycles. The minimum absolute atomic E-state index is 0.145. The lowest BCUT2D eigenvalue weighted by Crippen LogP contribution is -2.28. The number of anilines is 1. The van der Waals surface area contributed by atoms with Crippen LogP contribution in [0.1, 0.15) is 5.56 Å². The van der Waals surface area contributed by atoms with Crippen molar-refractivity contribution in [1.29, 1.82) is 0 Å². The maximum atomic E-state index is 12.4. The zero-order valence-corrected chi connectivity index (χ0v) is 14.5. The molecular weight excluding hydrogens is 332 g/mol. The van der Waals surface area contributed by atoms with E-state index in [0.717, 1.165) is 5.56 Å². The van der Waals surface area contributed by atoms with Gasteiger partial charge in [0, 0.05) is 17.8 Å². The Kier molecular flexibility index (Phi) is 5.07. The Morgan fingerprint density at radius 2 is 2.00 bits per heavy atom. The van der Waals surface area contributed by atoms with Crippen molar-refractivity contribution in [3.63, 3.8) is 0 Å². The summed E-state index contributed by atoms with van der Waals surface area (Å²) in [5.41, 5.74) is 1.73. The Morgan fingerprint density at radius 1 is 1.19 bits per heavy atom. The van der Waals surface area contributed by atoms with Crippen LogP contribution in [0.15, 0.2) is 59.8 Å². The number of pyridine rings is 1. The van der Waals surface area contributed by atoms with Crippen LogP contribution in [0.5, 0.6) is 5.75 Å². The van der Waals surface area contributed by atoms with E-state index in [1.807, 2.05) is 31.2 Å². The fraction of sp³-hybridized carbons (Fsp3) is 0.158. The first-order valence-electron chi connectivity index (χ1n) is 8.00. The second-order valence-corrected chi connectivity index (χ2v) is 5.66. The van der Waals surface area contributed by atoms with E-state index < -0.39 is 0 Å². The molecule has 26 heavy (non-hydrogen) atoms. The zero-order chi connectivity index (χ0) is 18.5. The summed E-state index contributed by atoms with van der Waals surface area (Å²) >= 11 is 0.